The van der Waals surface area contributed by atoms with E-state index in [0.29, 0.717) is 12.6 Å². The van der Waals surface area contributed by atoms with Crippen LogP contribution in [0.25, 0.3) is 11.3 Å². The molecule has 2 atom stereocenters. The number of carbonyl (C=O) groups excluding carboxylic acids is 1. The van der Waals surface area contributed by atoms with Crippen LogP contribution in [0.4, 0.5) is 13.2 Å². The normalized spacial score (nSPS) is 19.7. The maximum absolute atomic E-state index is 13.4. The Morgan fingerprint density at radius 3 is 2.51 bits per heavy atom. The molecule has 0 saturated heterocycles. The highest BCUT2D eigenvalue weighted by atomic mass is 19.4. The molecule has 5 rings (SSSR count). The number of benzene rings is 1. The number of hydrogen-bond donors (Lipinski definition) is 1. The minimum Gasteiger partial charge on any atom is -0.374 e. The van der Waals surface area contributed by atoms with Crippen molar-refractivity contribution in [1.82, 2.24) is 24.2 Å². The van der Waals surface area contributed by atoms with Gasteiger partial charge in [-0.2, -0.15) is 18.3 Å². The molecule has 1 amide bonds. The molecule has 1 aromatic carbocycles. The Bertz CT molecular complexity index is 1330. The van der Waals surface area contributed by atoms with E-state index in [0.717, 1.165) is 29.7 Å². The Balaban J connectivity index is 1.44. The van der Waals surface area contributed by atoms with Gasteiger partial charge in [0.15, 0.2) is 11.5 Å². The molecule has 0 unspecified atom stereocenters. The maximum Gasteiger partial charge on any atom is 0.424 e. The van der Waals surface area contributed by atoms with Gasteiger partial charge in [0.1, 0.15) is 0 Å². The second-order valence-electron chi connectivity index (χ2n) is 9.36. The van der Waals surface area contributed by atoms with Gasteiger partial charge in [-0.15, -0.1) is 6.42 Å². The van der Waals surface area contributed by atoms with Crippen LogP contribution in [0.2, 0.25) is 0 Å². The van der Waals surface area contributed by atoms with Crippen molar-refractivity contribution in [2.75, 3.05) is 6.54 Å². The molecule has 0 bridgehead atoms. The fraction of sp³-hybridized carbons (Fsp3) is 0.400. The highest BCUT2D eigenvalue weighted by Gasteiger charge is 2.55. The number of halogens is 3. The molecular formula is C25H24F3N5O2. The molecule has 1 saturated carbocycles. The van der Waals surface area contributed by atoms with E-state index in [1.165, 1.54) is 10.8 Å². The van der Waals surface area contributed by atoms with Crippen LogP contribution in [0.5, 0.6) is 0 Å². The van der Waals surface area contributed by atoms with Gasteiger partial charge in [0.2, 0.25) is 5.60 Å². The number of aromatic nitrogens is 4. The number of amides is 1. The molecule has 0 spiro atoms. The zero-order valence-electron chi connectivity index (χ0n) is 19.3. The first kappa shape index (κ1) is 23.2. The molecular weight excluding hydrogens is 459 g/mol. The molecule has 10 heteroatoms. The summed E-state index contributed by atoms with van der Waals surface area (Å²) in [4.78, 5) is 18.9. The molecule has 3 aromatic rings. The predicted molar refractivity (Wildman–Crippen MR) is 121 cm³/mol. The summed E-state index contributed by atoms with van der Waals surface area (Å²) in [6.07, 6.45) is 3.81. The van der Waals surface area contributed by atoms with Crippen molar-refractivity contribution >= 4 is 5.91 Å². The molecule has 1 aliphatic heterocycles. The van der Waals surface area contributed by atoms with Crippen LogP contribution in [0.15, 0.2) is 36.5 Å². The lowest BCUT2D eigenvalue weighted by atomic mass is 10.0. The summed E-state index contributed by atoms with van der Waals surface area (Å²) >= 11 is 0. The number of carbonyl (C=O) groups is 1. The Morgan fingerprint density at radius 2 is 1.91 bits per heavy atom. The van der Waals surface area contributed by atoms with Gasteiger partial charge in [-0.25, -0.2) is 4.98 Å². The Morgan fingerprint density at radius 1 is 1.23 bits per heavy atom. The van der Waals surface area contributed by atoms with Crippen molar-refractivity contribution in [1.29, 1.82) is 0 Å². The van der Waals surface area contributed by atoms with Gasteiger partial charge >= 0.3 is 6.18 Å². The van der Waals surface area contributed by atoms with E-state index in [1.54, 1.807) is 17.9 Å². The number of hydrogen-bond acceptors (Lipinski definition) is 4. The first-order valence-electron chi connectivity index (χ1n) is 11.3. The molecule has 1 N–H and O–H groups in total. The fourth-order valence-corrected chi connectivity index (χ4v) is 4.52. The molecule has 1 fully saturated rings. The molecule has 1 aliphatic carbocycles. The number of fused-ring (bicyclic) bond motifs is 1. The third-order valence-electron chi connectivity index (χ3n) is 6.62. The van der Waals surface area contributed by atoms with Gasteiger partial charge < -0.3 is 14.6 Å². The summed E-state index contributed by atoms with van der Waals surface area (Å²) in [7, 11) is 0. The molecule has 35 heavy (non-hydrogen) atoms. The van der Waals surface area contributed by atoms with Crippen LogP contribution < -0.4 is 0 Å². The highest BCUT2D eigenvalue weighted by molar-refractivity contribution is 5.93. The zero-order chi connectivity index (χ0) is 25.1. The quantitative estimate of drug-likeness (QED) is 0.568. The van der Waals surface area contributed by atoms with Crippen LogP contribution in [0.1, 0.15) is 66.3 Å². The second kappa shape index (κ2) is 7.99. The molecule has 3 heterocycles. The van der Waals surface area contributed by atoms with E-state index in [2.05, 4.69) is 16.0 Å². The van der Waals surface area contributed by atoms with E-state index in [9.17, 15) is 23.1 Å². The van der Waals surface area contributed by atoms with Crippen LogP contribution in [-0.4, -0.2) is 48.0 Å². The van der Waals surface area contributed by atoms with Gasteiger partial charge in [-0.3, -0.25) is 9.48 Å². The smallest absolute Gasteiger partial charge is 0.374 e. The lowest BCUT2D eigenvalue weighted by molar-refractivity contribution is -0.263. The third-order valence-corrected chi connectivity index (χ3v) is 6.62. The van der Waals surface area contributed by atoms with Gasteiger partial charge in [0.25, 0.3) is 5.91 Å². The van der Waals surface area contributed by atoms with E-state index < -0.39 is 23.6 Å². The number of imidazole rings is 1. The van der Waals surface area contributed by atoms with Crippen molar-refractivity contribution in [3.8, 4) is 23.6 Å². The van der Waals surface area contributed by atoms with Crippen molar-refractivity contribution in [2.24, 2.45) is 0 Å². The van der Waals surface area contributed by atoms with Gasteiger partial charge in [0, 0.05) is 12.1 Å². The number of nitrogens with zero attached hydrogens (tertiary/aromatic N) is 5. The van der Waals surface area contributed by atoms with E-state index in [-0.39, 0.29) is 30.7 Å². The average molecular weight is 483 g/mol. The molecule has 2 aliphatic rings. The fourth-order valence-electron chi connectivity index (χ4n) is 4.52. The summed E-state index contributed by atoms with van der Waals surface area (Å²) in [6.45, 7) is 2.61. The topological polar surface area (TPSA) is 76.2 Å². The van der Waals surface area contributed by atoms with Crippen LogP contribution in [0.3, 0.4) is 0 Å². The van der Waals surface area contributed by atoms with Crippen LogP contribution >= 0.6 is 0 Å². The van der Waals surface area contributed by atoms with Crippen molar-refractivity contribution in [3.63, 3.8) is 0 Å². The summed E-state index contributed by atoms with van der Waals surface area (Å²) in [6, 6.07) is 8.93. The van der Waals surface area contributed by atoms with E-state index in [4.69, 9.17) is 6.42 Å². The van der Waals surface area contributed by atoms with Crippen LogP contribution in [-0.2, 0) is 12.1 Å². The van der Waals surface area contributed by atoms with Crippen molar-refractivity contribution in [2.45, 2.75) is 57.1 Å². The van der Waals surface area contributed by atoms with Crippen molar-refractivity contribution < 1.29 is 23.1 Å². The molecule has 2 aromatic heterocycles. The summed E-state index contributed by atoms with van der Waals surface area (Å²) < 4.78 is 43.5. The zero-order valence-corrected chi connectivity index (χ0v) is 19.3. The third kappa shape index (κ3) is 3.90. The molecule has 0 radical (unpaired) electrons. The van der Waals surface area contributed by atoms with Crippen molar-refractivity contribution in [3.05, 3.63) is 59.3 Å². The Hall–Kier alpha value is -3.58. The lowest BCUT2D eigenvalue weighted by Gasteiger charge is -2.35. The minimum absolute atomic E-state index is 0.0621. The number of alkyl halides is 3. The Labute approximate surface area is 200 Å². The average Bonchev–Trinajstić information content (AvgIpc) is 3.40. The van der Waals surface area contributed by atoms with E-state index >= 15 is 0 Å². The first-order chi connectivity index (χ1) is 16.5. The number of rotatable bonds is 4. The first-order valence-corrected chi connectivity index (χ1v) is 11.3. The summed E-state index contributed by atoms with van der Waals surface area (Å²) in [5, 5.41) is 14.8. The minimum atomic E-state index is -4.88. The number of terminal acetylenes is 1. The van der Waals surface area contributed by atoms with Gasteiger partial charge in [0.05, 0.1) is 36.2 Å². The van der Waals surface area contributed by atoms with Gasteiger partial charge in [-0.1, -0.05) is 18.1 Å². The maximum atomic E-state index is 13.4. The van der Waals surface area contributed by atoms with E-state index in [1.807, 2.05) is 28.9 Å². The lowest BCUT2D eigenvalue weighted by Crippen LogP contribution is -2.45. The summed E-state index contributed by atoms with van der Waals surface area (Å²) in [5.41, 5.74) is 0.0624. The van der Waals surface area contributed by atoms with Gasteiger partial charge in [-0.05, 0) is 50.5 Å². The van der Waals surface area contributed by atoms with Crippen LogP contribution in [0, 0.1) is 12.3 Å². The number of aliphatic hydroxyl groups is 1. The summed E-state index contributed by atoms with van der Waals surface area (Å²) in [5.74, 6) is 1.80. The molecule has 182 valence electrons. The largest absolute Gasteiger partial charge is 0.424 e. The molecule has 7 nitrogen and oxygen atoms in total. The second-order valence-corrected chi connectivity index (χ2v) is 9.36. The predicted octanol–water partition coefficient (Wildman–Crippen LogP) is 4.05. The standard InChI is InChI=1S/C25H24F3N5O2/c1-4-16-5-7-17(8-6-16)21-11-20(30-33(21)18-9-10-18)22(34)31-13-15(2)32-19(14-31)12-29-23(32)24(3,35)25(26,27)28/h1,5-8,11-12,15,18,35H,9-10,13-14H2,2-3H3/t15-,24+/m0/s1. The highest BCUT2D eigenvalue weighted by Crippen LogP contribution is 2.41. The Kier molecular flexibility index (Phi) is 5.29. The SMILES string of the molecule is C#Cc1ccc(-c2cc(C(=O)N3Cc4cnc([C@@](C)(O)C(F)(F)F)n4[C@@H](C)C3)nn2C2CC2)cc1. The monoisotopic (exact) mass is 483 g/mol.